The average molecular weight is 391 g/mol. The second kappa shape index (κ2) is 7.66. The molecule has 29 heavy (non-hydrogen) atoms. The van der Waals surface area contributed by atoms with Crippen molar-refractivity contribution in [3.63, 3.8) is 0 Å². The number of methoxy groups -OCH3 is 1. The maximum Gasteiger partial charge on any atom is 0.220 e. The van der Waals surface area contributed by atoms with Crippen molar-refractivity contribution in [2.45, 2.75) is 63.8 Å². The number of hydrogen-bond donors (Lipinski definition) is 1. The van der Waals surface area contributed by atoms with Crippen LogP contribution in [0.5, 0.6) is 5.88 Å². The number of benzene rings is 1. The van der Waals surface area contributed by atoms with Gasteiger partial charge in [0.15, 0.2) is 0 Å². The molecule has 1 aromatic carbocycles. The molecule has 1 aromatic heterocycles. The van der Waals surface area contributed by atoms with E-state index in [0.717, 1.165) is 29.1 Å². The van der Waals surface area contributed by atoms with Crippen LogP contribution in [0.25, 0.3) is 5.57 Å². The molecule has 0 spiro atoms. The number of pyridine rings is 1. The normalized spacial score (nSPS) is 19.9. The molecule has 152 valence electrons. The number of rotatable bonds is 5. The Morgan fingerprint density at radius 3 is 2.38 bits per heavy atom. The van der Waals surface area contributed by atoms with Crippen molar-refractivity contribution in [1.82, 2.24) is 10.3 Å². The molecule has 1 amide bonds. The molecule has 1 atom stereocenters. The minimum Gasteiger partial charge on any atom is -0.481 e. The molecule has 2 aliphatic rings. The first-order valence-electron chi connectivity index (χ1n) is 10.5. The lowest BCUT2D eigenvalue weighted by Gasteiger charge is -2.20. The summed E-state index contributed by atoms with van der Waals surface area (Å²) < 4.78 is 5.62. The van der Waals surface area contributed by atoms with Gasteiger partial charge in [-0.2, -0.15) is 0 Å². The molecular formula is C25H30N2O2. The van der Waals surface area contributed by atoms with Gasteiger partial charge >= 0.3 is 0 Å². The van der Waals surface area contributed by atoms with Crippen LogP contribution >= 0.6 is 0 Å². The fourth-order valence-corrected chi connectivity index (χ4v) is 3.91. The minimum atomic E-state index is 0.0377. The van der Waals surface area contributed by atoms with Gasteiger partial charge < -0.3 is 10.1 Å². The van der Waals surface area contributed by atoms with Gasteiger partial charge in [-0.15, -0.1) is 0 Å². The zero-order valence-electron chi connectivity index (χ0n) is 17.8. The van der Waals surface area contributed by atoms with Gasteiger partial charge in [-0.25, -0.2) is 4.98 Å². The lowest BCUT2D eigenvalue weighted by molar-refractivity contribution is -0.119. The summed E-state index contributed by atoms with van der Waals surface area (Å²) in [5.41, 5.74) is 5.63. The third-order valence-electron chi connectivity index (χ3n) is 5.83. The molecule has 2 aromatic rings. The number of carbonyl (C=O) groups is 1. The van der Waals surface area contributed by atoms with Crippen LogP contribution in [0, 0.1) is 0 Å². The van der Waals surface area contributed by atoms with Crippen molar-refractivity contribution >= 4 is 11.5 Å². The van der Waals surface area contributed by atoms with Crippen LogP contribution in [0.15, 0.2) is 42.5 Å². The van der Waals surface area contributed by atoms with Gasteiger partial charge in [0.2, 0.25) is 11.8 Å². The number of nitrogens with one attached hydrogen (secondary N) is 1. The fourth-order valence-electron chi connectivity index (χ4n) is 3.91. The third-order valence-corrected chi connectivity index (χ3v) is 5.83. The van der Waals surface area contributed by atoms with Crippen molar-refractivity contribution < 1.29 is 9.53 Å². The summed E-state index contributed by atoms with van der Waals surface area (Å²) >= 11 is 0. The van der Waals surface area contributed by atoms with E-state index in [0.29, 0.717) is 12.3 Å². The van der Waals surface area contributed by atoms with Crippen molar-refractivity contribution in [3.05, 3.63) is 64.9 Å². The lowest BCUT2D eigenvalue weighted by atomic mass is 9.86. The summed E-state index contributed by atoms with van der Waals surface area (Å²) in [6.45, 7) is 6.65. The van der Waals surface area contributed by atoms with Gasteiger partial charge in [-0.3, -0.25) is 4.79 Å². The quantitative estimate of drug-likeness (QED) is 0.784. The lowest BCUT2D eigenvalue weighted by Crippen LogP contribution is -2.23. The highest BCUT2D eigenvalue weighted by atomic mass is 16.5. The molecule has 4 heteroatoms. The Morgan fingerprint density at radius 1 is 1.10 bits per heavy atom. The van der Waals surface area contributed by atoms with Gasteiger partial charge in [-0.05, 0) is 47.8 Å². The largest absolute Gasteiger partial charge is 0.481 e. The molecule has 1 aliphatic heterocycles. The van der Waals surface area contributed by atoms with Crippen LogP contribution in [0.3, 0.4) is 0 Å². The van der Waals surface area contributed by atoms with Crippen molar-refractivity contribution in [2.75, 3.05) is 7.11 Å². The second-order valence-electron chi connectivity index (χ2n) is 9.19. The Kier molecular flexibility index (Phi) is 5.20. The number of ether oxygens (including phenoxy) is 1. The van der Waals surface area contributed by atoms with Crippen LogP contribution in [0.2, 0.25) is 0 Å². The molecule has 4 rings (SSSR count). The molecule has 0 radical (unpaired) electrons. The van der Waals surface area contributed by atoms with Gasteiger partial charge in [0.25, 0.3) is 0 Å². The zero-order chi connectivity index (χ0) is 20.6. The van der Waals surface area contributed by atoms with Crippen molar-refractivity contribution in [2.24, 2.45) is 0 Å². The van der Waals surface area contributed by atoms with E-state index in [1.165, 1.54) is 24.0 Å². The Balaban J connectivity index is 1.74. The average Bonchev–Trinajstić information content (AvgIpc) is 3.46. The Labute approximate surface area is 173 Å². The predicted molar refractivity (Wildman–Crippen MR) is 116 cm³/mol. The first kappa shape index (κ1) is 19.7. The molecule has 1 saturated heterocycles. The summed E-state index contributed by atoms with van der Waals surface area (Å²) in [4.78, 5) is 16.6. The van der Waals surface area contributed by atoms with E-state index in [2.05, 4.69) is 68.6 Å². The molecule has 1 saturated carbocycles. The maximum atomic E-state index is 11.7. The highest BCUT2D eigenvalue weighted by Crippen LogP contribution is 2.44. The van der Waals surface area contributed by atoms with Gasteiger partial charge in [-0.1, -0.05) is 57.2 Å². The SMILES string of the molecule is COc1nc(/C(=C\[C@H]2CCC(=O)N2)c2ccc(C(C)(C)C)cc2)ccc1C1CC1. The topological polar surface area (TPSA) is 51.2 Å². The van der Waals surface area contributed by atoms with Crippen LogP contribution in [0.1, 0.15) is 74.8 Å². The summed E-state index contributed by atoms with van der Waals surface area (Å²) in [6, 6.07) is 13.0. The molecule has 1 aliphatic carbocycles. The number of aromatic nitrogens is 1. The summed E-state index contributed by atoms with van der Waals surface area (Å²) in [7, 11) is 1.69. The van der Waals surface area contributed by atoms with E-state index >= 15 is 0 Å². The molecule has 2 heterocycles. The standard InChI is InChI=1S/C25H30N2O2/c1-25(2,3)18-9-7-17(8-10-18)21(15-19-11-14-23(28)26-19)22-13-12-20(16-5-6-16)24(27-22)29-4/h7-10,12-13,15-16,19H,5-6,11,14H2,1-4H3,(H,26,28)/b21-15-/t19-/m1/s1. The highest BCUT2D eigenvalue weighted by molar-refractivity contribution is 5.82. The van der Waals surface area contributed by atoms with E-state index < -0.39 is 0 Å². The van der Waals surface area contributed by atoms with E-state index in [4.69, 9.17) is 9.72 Å². The highest BCUT2D eigenvalue weighted by Gasteiger charge is 2.28. The monoisotopic (exact) mass is 390 g/mol. The Bertz CT molecular complexity index is 934. The minimum absolute atomic E-state index is 0.0377. The molecule has 0 bridgehead atoms. The van der Waals surface area contributed by atoms with Crippen LogP contribution in [0.4, 0.5) is 0 Å². The first-order valence-corrected chi connectivity index (χ1v) is 10.5. The molecular weight excluding hydrogens is 360 g/mol. The summed E-state index contributed by atoms with van der Waals surface area (Å²) in [6.07, 6.45) is 5.97. The van der Waals surface area contributed by atoms with Gasteiger partial charge in [0.05, 0.1) is 12.8 Å². The number of hydrogen-bond acceptors (Lipinski definition) is 3. The Hall–Kier alpha value is -2.62. The van der Waals surface area contributed by atoms with E-state index in [1.807, 2.05) is 0 Å². The van der Waals surface area contributed by atoms with Crippen LogP contribution < -0.4 is 10.1 Å². The molecule has 2 fully saturated rings. The molecule has 4 nitrogen and oxygen atoms in total. The number of amides is 1. The first-order chi connectivity index (χ1) is 13.8. The molecule has 0 unspecified atom stereocenters. The number of nitrogens with zero attached hydrogens (tertiary/aromatic N) is 1. The van der Waals surface area contributed by atoms with E-state index in [-0.39, 0.29) is 17.4 Å². The van der Waals surface area contributed by atoms with Gasteiger partial charge in [0.1, 0.15) is 0 Å². The Morgan fingerprint density at radius 2 is 1.83 bits per heavy atom. The third kappa shape index (κ3) is 4.36. The molecule has 1 N–H and O–H groups in total. The predicted octanol–water partition coefficient (Wildman–Crippen LogP) is 4.98. The summed E-state index contributed by atoms with van der Waals surface area (Å²) in [5, 5.41) is 3.05. The van der Waals surface area contributed by atoms with Gasteiger partial charge in [0, 0.05) is 23.6 Å². The van der Waals surface area contributed by atoms with Crippen molar-refractivity contribution in [1.29, 1.82) is 0 Å². The second-order valence-corrected chi connectivity index (χ2v) is 9.19. The summed E-state index contributed by atoms with van der Waals surface area (Å²) in [5.74, 6) is 1.42. The van der Waals surface area contributed by atoms with E-state index in [1.54, 1.807) is 7.11 Å². The fraction of sp³-hybridized carbons (Fsp3) is 0.440. The van der Waals surface area contributed by atoms with Crippen LogP contribution in [-0.2, 0) is 10.2 Å². The van der Waals surface area contributed by atoms with Crippen LogP contribution in [-0.4, -0.2) is 24.0 Å². The number of carbonyl (C=O) groups excluding carboxylic acids is 1. The smallest absolute Gasteiger partial charge is 0.220 e. The maximum absolute atomic E-state index is 11.7. The zero-order valence-corrected chi connectivity index (χ0v) is 17.8. The van der Waals surface area contributed by atoms with Crippen molar-refractivity contribution in [3.8, 4) is 5.88 Å². The van der Waals surface area contributed by atoms with E-state index in [9.17, 15) is 4.79 Å².